The molecule has 0 amide bonds. The molecule has 0 aliphatic carbocycles. The van der Waals surface area contributed by atoms with E-state index in [0.29, 0.717) is 25.2 Å². The fourth-order valence-electron chi connectivity index (χ4n) is 4.63. The molecule has 0 atom stereocenters. The average molecular weight is 725 g/mol. The second-order valence-electron chi connectivity index (χ2n) is 11.0. The Balaban J connectivity index is 1.70. The number of anilines is 2. The Morgan fingerprint density at radius 2 is 1.16 bits per heavy atom. The second kappa shape index (κ2) is 16.3. The van der Waals surface area contributed by atoms with Crippen molar-refractivity contribution in [2.75, 3.05) is 22.7 Å². The monoisotopic (exact) mass is 724 g/mol. The van der Waals surface area contributed by atoms with Gasteiger partial charge in [-0.05, 0) is 73.5 Å². The lowest BCUT2D eigenvalue weighted by Crippen LogP contribution is -2.18. The van der Waals surface area contributed by atoms with Crippen molar-refractivity contribution in [1.82, 2.24) is 0 Å². The molecule has 4 aromatic carbocycles. The van der Waals surface area contributed by atoms with E-state index in [0.717, 1.165) is 37.1 Å². The maximum Gasteiger partial charge on any atom is 0.337 e. The Morgan fingerprint density at radius 1 is 0.620 bits per heavy atom. The molecule has 0 radical (unpaired) electrons. The highest BCUT2D eigenvalue weighted by molar-refractivity contribution is 7.93. The van der Waals surface area contributed by atoms with Crippen molar-refractivity contribution in [3.8, 4) is 11.5 Å². The number of carbonyl (C=O) groups excluding carboxylic acids is 1. The third-order valence-electron chi connectivity index (χ3n) is 7.31. The van der Waals surface area contributed by atoms with Crippen LogP contribution in [-0.2, 0) is 20.0 Å². The minimum atomic E-state index is -4.27. The van der Waals surface area contributed by atoms with E-state index in [-0.39, 0.29) is 44.6 Å². The normalized spacial score (nSPS) is 11.4. The van der Waals surface area contributed by atoms with E-state index in [4.69, 9.17) is 9.47 Å². The molecule has 4 rings (SSSR count). The van der Waals surface area contributed by atoms with E-state index in [9.17, 15) is 41.4 Å². The molecule has 0 heterocycles. The van der Waals surface area contributed by atoms with Gasteiger partial charge in [0.25, 0.3) is 20.0 Å². The standard InChI is InChI=1S/C35H36N2O11S2/c1-3-5-18-47-24-13-15-26(16-14-24)50(45,46)36-30-17-12-23(20-27(30)34(39)40)33(38)29-21-28(35(41)42)31(22-32(29)48-19-6-4-2)37-49(43,44)25-10-8-7-9-11-25/h7-17,20-22,36-37H,3-6,18-19H2,1-2H3,(H,39,40)(H,41,42). The molecule has 0 spiro atoms. The highest BCUT2D eigenvalue weighted by Crippen LogP contribution is 2.33. The Hall–Kier alpha value is -5.41. The molecule has 0 bridgehead atoms. The van der Waals surface area contributed by atoms with Crippen LogP contribution in [0.1, 0.15) is 76.2 Å². The summed E-state index contributed by atoms with van der Waals surface area (Å²) in [6.45, 7) is 4.47. The second-order valence-corrected chi connectivity index (χ2v) is 14.4. The Kier molecular flexibility index (Phi) is 12.2. The van der Waals surface area contributed by atoms with E-state index in [1.54, 1.807) is 6.07 Å². The van der Waals surface area contributed by atoms with Crippen molar-refractivity contribution in [2.45, 2.75) is 49.3 Å². The summed E-state index contributed by atoms with van der Waals surface area (Å²) in [5.74, 6) is -3.64. The largest absolute Gasteiger partial charge is 0.494 e. The number of hydrogen-bond donors (Lipinski definition) is 4. The lowest BCUT2D eigenvalue weighted by molar-refractivity contribution is 0.0687. The molecule has 50 heavy (non-hydrogen) atoms. The van der Waals surface area contributed by atoms with E-state index in [1.807, 2.05) is 13.8 Å². The molecule has 0 saturated heterocycles. The summed E-state index contributed by atoms with van der Waals surface area (Å²) in [5, 5.41) is 20.0. The van der Waals surface area contributed by atoms with Gasteiger partial charge >= 0.3 is 11.9 Å². The zero-order valence-electron chi connectivity index (χ0n) is 27.2. The molecule has 0 aliphatic rings. The number of aromatic carboxylic acids is 2. The number of nitrogens with one attached hydrogen (secondary N) is 2. The summed E-state index contributed by atoms with van der Waals surface area (Å²) < 4.78 is 68.3. The number of carboxylic acids is 2. The molecule has 4 aromatic rings. The van der Waals surface area contributed by atoms with E-state index >= 15 is 0 Å². The van der Waals surface area contributed by atoms with Gasteiger partial charge < -0.3 is 19.7 Å². The van der Waals surface area contributed by atoms with Gasteiger partial charge in [0.1, 0.15) is 11.5 Å². The van der Waals surface area contributed by atoms with Crippen LogP contribution in [-0.4, -0.2) is 58.0 Å². The Morgan fingerprint density at radius 3 is 1.74 bits per heavy atom. The molecule has 0 unspecified atom stereocenters. The maximum absolute atomic E-state index is 13.9. The first kappa shape index (κ1) is 37.4. The molecule has 15 heteroatoms. The van der Waals surface area contributed by atoms with E-state index in [1.165, 1.54) is 54.6 Å². The van der Waals surface area contributed by atoms with Gasteiger partial charge in [0.2, 0.25) is 0 Å². The van der Waals surface area contributed by atoms with Crippen molar-refractivity contribution in [1.29, 1.82) is 0 Å². The summed E-state index contributed by atoms with van der Waals surface area (Å²) in [4.78, 5) is 38.1. The number of benzene rings is 4. The van der Waals surface area contributed by atoms with Gasteiger partial charge in [-0.15, -0.1) is 0 Å². The maximum atomic E-state index is 13.9. The predicted octanol–water partition coefficient (Wildman–Crippen LogP) is 6.27. The number of hydrogen-bond acceptors (Lipinski definition) is 9. The van der Waals surface area contributed by atoms with Gasteiger partial charge in [0.15, 0.2) is 5.78 Å². The van der Waals surface area contributed by atoms with Gasteiger partial charge in [-0.25, -0.2) is 26.4 Å². The lowest BCUT2D eigenvalue weighted by atomic mass is 9.97. The molecular formula is C35H36N2O11S2. The first-order valence-corrected chi connectivity index (χ1v) is 18.5. The molecular weight excluding hydrogens is 689 g/mol. The van der Waals surface area contributed by atoms with Crippen LogP contribution in [0.4, 0.5) is 11.4 Å². The van der Waals surface area contributed by atoms with Crippen molar-refractivity contribution in [3.05, 3.63) is 107 Å². The smallest absolute Gasteiger partial charge is 0.337 e. The van der Waals surface area contributed by atoms with Gasteiger partial charge in [0, 0.05) is 11.6 Å². The summed E-state index contributed by atoms with van der Waals surface area (Å²) in [5.41, 5.74) is -2.33. The van der Waals surface area contributed by atoms with E-state index in [2.05, 4.69) is 9.44 Å². The first-order valence-electron chi connectivity index (χ1n) is 15.6. The molecule has 264 valence electrons. The molecule has 0 aliphatic heterocycles. The molecule has 0 saturated carbocycles. The topological polar surface area (TPSA) is 202 Å². The number of unbranched alkanes of at least 4 members (excludes halogenated alkanes) is 2. The predicted molar refractivity (Wildman–Crippen MR) is 186 cm³/mol. The van der Waals surface area contributed by atoms with Crippen LogP contribution in [0.5, 0.6) is 11.5 Å². The van der Waals surface area contributed by atoms with Gasteiger partial charge in [-0.3, -0.25) is 14.2 Å². The molecule has 0 aromatic heterocycles. The number of sulfonamides is 2. The minimum absolute atomic E-state index is 0.0982. The SMILES string of the molecule is CCCCOc1ccc(S(=O)(=O)Nc2ccc(C(=O)c3cc(C(=O)O)c(NS(=O)(=O)c4ccccc4)cc3OCCCC)cc2C(=O)O)cc1. The van der Waals surface area contributed by atoms with E-state index < -0.39 is 48.9 Å². The van der Waals surface area contributed by atoms with Crippen LogP contribution >= 0.6 is 0 Å². The van der Waals surface area contributed by atoms with Gasteiger partial charge in [-0.1, -0.05) is 44.9 Å². The zero-order chi connectivity index (χ0) is 36.5. The zero-order valence-corrected chi connectivity index (χ0v) is 28.8. The molecule has 0 fully saturated rings. The fourth-order valence-corrected chi connectivity index (χ4v) is 6.80. The van der Waals surface area contributed by atoms with Crippen molar-refractivity contribution in [3.63, 3.8) is 0 Å². The summed E-state index contributed by atoms with van der Waals surface area (Å²) in [6.07, 6.45) is 3.01. The summed E-state index contributed by atoms with van der Waals surface area (Å²) in [6, 6.07) is 18.1. The van der Waals surface area contributed by atoms with Crippen LogP contribution in [0.15, 0.2) is 94.7 Å². The fraction of sp³-hybridized carbons (Fsp3) is 0.229. The third kappa shape index (κ3) is 9.18. The minimum Gasteiger partial charge on any atom is -0.494 e. The highest BCUT2D eigenvalue weighted by atomic mass is 32.2. The van der Waals surface area contributed by atoms with Gasteiger partial charge in [0.05, 0.1) is 51.1 Å². The quantitative estimate of drug-likeness (QED) is 0.0665. The molecule has 4 N–H and O–H groups in total. The molecule has 13 nitrogen and oxygen atoms in total. The third-order valence-corrected chi connectivity index (χ3v) is 10.1. The van der Waals surface area contributed by atoms with Crippen LogP contribution < -0.4 is 18.9 Å². The summed E-state index contributed by atoms with van der Waals surface area (Å²) in [7, 11) is -8.51. The van der Waals surface area contributed by atoms with Crippen LogP contribution in [0.3, 0.4) is 0 Å². The van der Waals surface area contributed by atoms with Crippen molar-refractivity contribution < 1.29 is 50.9 Å². The number of carboxylic acid groups (broad SMARTS) is 2. The van der Waals surface area contributed by atoms with Crippen LogP contribution in [0.25, 0.3) is 0 Å². The van der Waals surface area contributed by atoms with Crippen LogP contribution in [0, 0.1) is 0 Å². The average Bonchev–Trinajstić information content (AvgIpc) is 3.08. The van der Waals surface area contributed by atoms with Crippen molar-refractivity contribution in [2.24, 2.45) is 0 Å². The van der Waals surface area contributed by atoms with Crippen LogP contribution in [0.2, 0.25) is 0 Å². The Labute approximate surface area is 290 Å². The Bertz CT molecular complexity index is 2080. The number of ketones is 1. The number of carbonyl (C=O) groups is 3. The number of ether oxygens (including phenoxy) is 2. The summed E-state index contributed by atoms with van der Waals surface area (Å²) >= 11 is 0. The van der Waals surface area contributed by atoms with Gasteiger partial charge in [-0.2, -0.15) is 0 Å². The highest BCUT2D eigenvalue weighted by Gasteiger charge is 2.26. The first-order chi connectivity index (χ1) is 23.8. The lowest BCUT2D eigenvalue weighted by Gasteiger charge is -2.17. The number of rotatable bonds is 18. The van der Waals surface area contributed by atoms with Crippen molar-refractivity contribution >= 4 is 49.1 Å².